The molecule has 0 bridgehead atoms. The Hall–Kier alpha value is 0.210. The van der Waals surface area contributed by atoms with Gasteiger partial charge in [0.05, 0.1) is 0 Å². The lowest BCUT2D eigenvalue weighted by atomic mass is 10.4. The van der Waals surface area contributed by atoms with Gasteiger partial charge < -0.3 is 5.11 Å². The van der Waals surface area contributed by atoms with Crippen molar-refractivity contribution < 1.29 is 5.11 Å². The van der Waals surface area contributed by atoms with Crippen LogP contribution < -0.4 is 5.32 Å². The molecule has 1 unspecified atom stereocenters. The molecule has 0 aromatic rings. The maximum atomic E-state index is 8.62. The quantitative estimate of drug-likeness (QED) is 0.479. The second-order valence-electron chi connectivity index (χ2n) is 1.61. The van der Waals surface area contributed by atoms with Crippen LogP contribution >= 0.6 is 12.4 Å². The number of rotatable bonds is 0. The van der Waals surface area contributed by atoms with E-state index in [4.69, 9.17) is 5.11 Å². The fourth-order valence-corrected chi connectivity index (χ4v) is 0.666. The van der Waals surface area contributed by atoms with Crippen molar-refractivity contribution in [3.63, 3.8) is 0 Å². The van der Waals surface area contributed by atoms with E-state index in [0.29, 0.717) is 0 Å². The van der Waals surface area contributed by atoms with E-state index in [9.17, 15) is 0 Å². The van der Waals surface area contributed by atoms with Gasteiger partial charge in [-0.3, -0.25) is 5.32 Å². The molecular formula is C4H10ClNO. The van der Waals surface area contributed by atoms with Crippen molar-refractivity contribution in [3.8, 4) is 0 Å². The molecule has 7 heavy (non-hydrogen) atoms. The van der Waals surface area contributed by atoms with Gasteiger partial charge in [-0.05, 0) is 19.4 Å². The molecule has 0 aromatic heterocycles. The highest BCUT2D eigenvalue weighted by molar-refractivity contribution is 5.85. The van der Waals surface area contributed by atoms with Crippen molar-refractivity contribution in [1.82, 2.24) is 5.32 Å². The Bertz CT molecular complexity index is 45.0. The van der Waals surface area contributed by atoms with Crippen molar-refractivity contribution in [2.24, 2.45) is 0 Å². The molecule has 1 aliphatic heterocycles. The van der Waals surface area contributed by atoms with Crippen LogP contribution in [0.5, 0.6) is 0 Å². The van der Waals surface area contributed by atoms with Crippen LogP contribution in [0.25, 0.3) is 0 Å². The third-order valence-electron chi connectivity index (χ3n) is 1.03. The minimum absolute atomic E-state index is 0. The molecule has 0 saturated carbocycles. The number of aliphatic hydroxyl groups is 1. The first-order chi connectivity index (χ1) is 2.89. The summed E-state index contributed by atoms with van der Waals surface area (Å²) in [7, 11) is 0. The Morgan fingerprint density at radius 2 is 2.29 bits per heavy atom. The highest BCUT2D eigenvalue weighted by atomic mass is 35.5. The van der Waals surface area contributed by atoms with Gasteiger partial charge in [-0.1, -0.05) is 0 Å². The molecular weight excluding hydrogens is 114 g/mol. The molecule has 0 spiro atoms. The average Bonchev–Trinajstić information content (AvgIpc) is 1.86. The van der Waals surface area contributed by atoms with Gasteiger partial charge in [-0.15, -0.1) is 12.4 Å². The molecule has 44 valence electrons. The molecule has 1 fully saturated rings. The fraction of sp³-hybridized carbons (Fsp3) is 1.00. The molecule has 1 aliphatic rings. The van der Waals surface area contributed by atoms with E-state index in [1.807, 2.05) is 0 Å². The highest BCUT2D eigenvalue weighted by Crippen LogP contribution is 1.98. The molecule has 2 N–H and O–H groups in total. The Balaban J connectivity index is 0.000000360. The lowest BCUT2D eigenvalue weighted by Crippen LogP contribution is -2.19. The van der Waals surface area contributed by atoms with Crippen LogP contribution in [-0.2, 0) is 0 Å². The largest absolute Gasteiger partial charge is 0.379 e. The zero-order chi connectivity index (χ0) is 4.41. The van der Waals surface area contributed by atoms with Crippen molar-refractivity contribution in [3.05, 3.63) is 0 Å². The maximum absolute atomic E-state index is 8.62. The van der Waals surface area contributed by atoms with Crippen molar-refractivity contribution in [1.29, 1.82) is 0 Å². The number of halogens is 1. The van der Waals surface area contributed by atoms with E-state index in [0.717, 1.165) is 19.4 Å². The standard InChI is InChI=1S/C4H9NO.ClH/c6-4-2-1-3-5-4;/h4-6H,1-3H2;1H. The summed E-state index contributed by atoms with van der Waals surface area (Å²) in [4.78, 5) is 0. The number of hydrogen-bond acceptors (Lipinski definition) is 2. The molecule has 2 nitrogen and oxygen atoms in total. The van der Waals surface area contributed by atoms with E-state index in [1.54, 1.807) is 0 Å². The van der Waals surface area contributed by atoms with Gasteiger partial charge >= 0.3 is 0 Å². The first-order valence-electron chi connectivity index (χ1n) is 2.31. The van der Waals surface area contributed by atoms with E-state index in [-0.39, 0.29) is 18.6 Å². The number of nitrogens with one attached hydrogen (secondary N) is 1. The molecule has 0 amide bonds. The predicted molar refractivity (Wildman–Crippen MR) is 30.5 cm³/mol. The van der Waals surface area contributed by atoms with Gasteiger partial charge in [0.25, 0.3) is 0 Å². The van der Waals surface area contributed by atoms with Crippen molar-refractivity contribution >= 4 is 12.4 Å². The number of aliphatic hydroxyl groups excluding tert-OH is 1. The van der Waals surface area contributed by atoms with Crippen LogP contribution in [0.4, 0.5) is 0 Å². The SMILES string of the molecule is Cl.OC1CCCN1. The first kappa shape index (κ1) is 7.21. The second-order valence-corrected chi connectivity index (χ2v) is 1.61. The Kier molecular flexibility index (Phi) is 3.34. The van der Waals surface area contributed by atoms with Gasteiger partial charge in [0.2, 0.25) is 0 Å². The third-order valence-corrected chi connectivity index (χ3v) is 1.03. The molecule has 3 heteroatoms. The predicted octanol–water partition coefficient (Wildman–Crippen LogP) is 0.110. The highest BCUT2D eigenvalue weighted by Gasteiger charge is 2.07. The molecule has 0 radical (unpaired) electrons. The maximum Gasteiger partial charge on any atom is 0.104 e. The zero-order valence-corrected chi connectivity index (χ0v) is 4.87. The van der Waals surface area contributed by atoms with Crippen LogP contribution in [0.1, 0.15) is 12.8 Å². The number of hydrogen-bond donors (Lipinski definition) is 2. The molecule has 1 saturated heterocycles. The minimum Gasteiger partial charge on any atom is -0.379 e. The zero-order valence-electron chi connectivity index (χ0n) is 4.05. The summed E-state index contributed by atoms with van der Waals surface area (Å²) < 4.78 is 0. The van der Waals surface area contributed by atoms with Crippen molar-refractivity contribution in [2.45, 2.75) is 19.1 Å². The van der Waals surface area contributed by atoms with Crippen LogP contribution in [-0.4, -0.2) is 17.9 Å². The average molecular weight is 124 g/mol. The summed E-state index contributed by atoms with van der Waals surface area (Å²) in [6.45, 7) is 0.987. The van der Waals surface area contributed by atoms with Crippen LogP contribution in [0.15, 0.2) is 0 Å². The smallest absolute Gasteiger partial charge is 0.104 e. The summed E-state index contributed by atoms with van der Waals surface area (Å²) in [5, 5.41) is 11.5. The van der Waals surface area contributed by atoms with Crippen molar-refractivity contribution in [2.75, 3.05) is 6.54 Å². The summed E-state index contributed by atoms with van der Waals surface area (Å²) in [6, 6.07) is 0. The summed E-state index contributed by atoms with van der Waals surface area (Å²) in [5.41, 5.74) is 0. The topological polar surface area (TPSA) is 32.3 Å². The molecule has 1 rings (SSSR count). The Morgan fingerprint density at radius 3 is 2.43 bits per heavy atom. The van der Waals surface area contributed by atoms with E-state index >= 15 is 0 Å². The molecule has 0 aromatic carbocycles. The van der Waals surface area contributed by atoms with Crippen LogP contribution in [0.2, 0.25) is 0 Å². The van der Waals surface area contributed by atoms with Gasteiger partial charge in [0, 0.05) is 0 Å². The minimum atomic E-state index is -0.204. The van der Waals surface area contributed by atoms with Gasteiger partial charge in [-0.25, -0.2) is 0 Å². The lowest BCUT2D eigenvalue weighted by molar-refractivity contribution is 0.160. The van der Waals surface area contributed by atoms with Gasteiger partial charge in [0.15, 0.2) is 0 Å². The van der Waals surface area contributed by atoms with Crippen LogP contribution in [0.3, 0.4) is 0 Å². The molecule has 1 atom stereocenters. The van der Waals surface area contributed by atoms with E-state index < -0.39 is 0 Å². The summed E-state index contributed by atoms with van der Waals surface area (Å²) in [5.74, 6) is 0. The Labute approximate surface area is 49.3 Å². The third kappa shape index (κ3) is 2.12. The summed E-state index contributed by atoms with van der Waals surface area (Å²) in [6.07, 6.45) is 1.85. The second kappa shape index (κ2) is 3.24. The first-order valence-corrected chi connectivity index (χ1v) is 2.31. The molecule has 0 aliphatic carbocycles. The van der Waals surface area contributed by atoms with Gasteiger partial charge in [-0.2, -0.15) is 0 Å². The van der Waals surface area contributed by atoms with E-state index in [1.165, 1.54) is 0 Å². The van der Waals surface area contributed by atoms with Gasteiger partial charge in [0.1, 0.15) is 6.23 Å². The molecule has 1 heterocycles. The lowest BCUT2D eigenvalue weighted by Gasteiger charge is -1.94. The normalized spacial score (nSPS) is 29.6. The fourth-order valence-electron chi connectivity index (χ4n) is 0.666. The monoisotopic (exact) mass is 123 g/mol. The Morgan fingerprint density at radius 1 is 1.57 bits per heavy atom. The van der Waals surface area contributed by atoms with Crippen LogP contribution in [0, 0.1) is 0 Å². The van der Waals surface area contributed by atoms with E-state index in [2.05, 4.69) is 5.32 Å². The summed E-state index contributed by atoms with van der Waals surface area (Å²) >= 11 is 0.